The Bertz CT molecular complexity index is 724. The van der Waals surface area contributed by atoms with Crippen LogP contribution in [0.4, 0.5) is 0 Å². The fraction of sp³-hybridized carbons (Fsp3) is 0.667. The van der Waals surface area contributed by atoms with Crippen molar-refractivity contribution in [3.63, 3.8) is 0 Å². The number of guanidine groups is 1. The van der Waals surface area contributed by atoms with Crippen LogP contribution < -0.4 is 14.8 Å². The maximum Gasteiger partial charge on any atom is 0.194 e. The quantitative estimate of drug-likeness (QED) is 0.623. The van der Waals surface area contributed by atoms with Crippen molar-refractivity contribution in [1.29, 1.82) is 0 Å². The van der Waals surface area contributed by atoms with Gasteiger partial charge >= 0.3 is 0 Å². The molecular formula is C21H32N4O3. The highest BCUT2D eigenvalue weighted by Crippen LogP contribution is 2.33. The monoisotopic (exact) mass is 388 g/mol. The highest BCUT2D eigenvalue weighted by atomic mass is 16.5. The summed E-state index contributed by atoms with van der Waals surface area (Å²) in [5.41, 5.74) is 2.58. The lowest BCUT2D eigenvalue weighted by Gasteiger charge is -2.36. The Balaban J connectivity index is 1.37. The van der Waals surface area contributed by atoms with Crippen LogP contribution in [0.25, 0.3) is 0 Å². The number of morpholine rings is 1. The lowest BCUT2D eigenvalue weighted by Crippen LogP contribution is -2.52. The molecule has 0 amide bonds. The van der Waals surface area contributed by atoms with Crippen molar-refractivity contribution in [2.24, 2.45) is 4.99 Å². The van der Waals surface area contributed by atoms with Gasteiger partial charge < -0.3 is 24.4 Å². The molecule has 0 spiro atoms. The van der Waals surface area contributed by atoms with Crippen LogP contribution in [0.15, 0.2) is 17.1 Å². The van der Waals surface area contributed by atoms with E-state index in [0.717, 1.165) is 56.7 Å². The summed E-state index contributed by atoms with van der Waals surface area (Å²) >= 11 is 0. The maximum absolute atomic E-state index is 6.08. The molecule has 2 unspecified atom stereocenters. The summed E-state index contributed by atoms with van der Waals surface area (Å²) in [5, 5.41) is 3.54. The van der Waals surface area contributed by atoms with Crippen LogP contribution in [0.2, 0.25) is 0 Å². The standard InChI is InChI=1S/C21H32N4O3/c1-22-21(23-11-18-13-24-7-4-5-17(24)14-28-18)25-8-6-15-9-19(26-2)20(27-3)10-16(15)12-25/h9-10,17-18H,4-8,11-14H2,1-3H3,(H,22,23). The van der Waals surface area contributed by atoms with E-state index >= 15 is 0 Å². The number of benzene rings is 1. The summed E-state index contributed by atoms with van der Waals surface area (Å²) in [7, 11) is 5.22. The van der Waals surface area contributed by atoms with Crippen LogP contribution in [0, 0.1) is 0 Å². The smallest absolute Gasteiger partial charge is 0.194 e. The van der Waals surface area contributed by atoms with E-state index in [-0.39, 0.29) is 6.10 Å². The van der Waals surface area contributed by atoms with E-state index in [9.17, 15) is 0 Å². The van der Waals surface area contributed by atoms with E-state index < -0.39 is 0 Å². The third-order valence-corrected chi connectivity index (χ3v) is 6.18. The molecule has 0 bridgehead atoms. The molecule has 3 heterocycles. The summed E-state index contributed by atoms with van der Waals surface area (Å²) in [4.78, 5) is 9.40. The largest absolute Gasteiger partial charge is 0.493 e. The average Bonchev–Trinajstić information content (AvgIpc) is 3.21. The minimum atomic E-state index is 0.229. The lowest BCUT2D eigenvalue weighted by molar-refractivity contribution is -0.0455. The van der Waals surface area contributed by atoms with Crippen LogP contribution in [0.3, 0.4) is 0 Å². The molecule has 1 N–H and O–H groups in total. The van der Waals surface area contributed by atoms with E-state index in [4.69, 9.17) is 14.2 Å². The first kappa shape index (κ1) is 19.3. The van der Waals surface area contributed by atoms with Crippen molar-refractivity contribution in [1.82, 2.24) is 15.1 Å². The van der Waals surface area contributed by atoms with Gasteiger partial charge in [-0.05, 0) is 49.1 Å². The second kappa shape index (κ2) is 8.57. The number of hydrogen-bond acceptors (Lipinski definition) is 5. The molecule has 28 heavy (non-hydrogen) atoms. The Hall–Kier alpha value is -1.99. The minimum Gasteiger partial charge on any atom is -0.493 e. The number of methoxy groups -OCH3 is 2. The van der Waals surface area contributed by atoms with E-state index in [2.05, 4.69) is 32.2 Å². The number of nitrogens with one attached hydrogen (secondary N) is 1. The van der Waals surface area contributed by atoms with Gasteiger partial charge in [0, 0.05) is 39.3 Å². The van der Waals surface area contributed by atoms with Gasteiger partial charge in [-0.3, -0.25) is 9.89 Å². The lowest BCUT2D eigenvalue weighted by atomic mass is 9.99. The van der Waals surface area contributed by atoms with E-state index in [0.29, 0.717) is 6.04 Å². The molecule has 2 saturated heterocycles. The normalized spacial score (nSPS) is 25.2. The molecule has 1 aromatic carbocycles. The fourth-order valence-electron chi connectivity index (χ4n) is 4.61. The third-order valence-electron chi connectivity index (χ3n) is 6.18. The van der Waals surface area contributed by atoms with Gasteiger partial charge in [0.05, 0.1) is 26.9 Å². The molecule has 3 aliphatic heterocycles. The summed E-state index contributed by atoms with van der Waals surface area (Å²) in [5.74, 6) is 2.52. The summed E-state index contributed by atoms with van der Waals surface area (Å²) < 4.78 is 17.0. The Labute approximate surface area is 167 Å². The molecule has 0 saturated carbocycles. The fourth-order valence-corrected chi connectivity index (χ4v) is 4.61. The number of fused-ring (bicyclic) bond motifs is 2. The molecule has 2 fully saturated rings. The number of ether oxygens (including phenoxy) is 3. The highest BCUT2D eigenvalue weighted by Gasteiger charge is 2.32. The van der Waals surface area contributed by atoms with Gasteiger partial charge in [-0.1, -0.05) is 0 Å². The van der Waals surface area contributed by atoms with Gasteiger partial charge in [-0.2, -0.15) is 0 Å². The molecule has 154 valence electrons. The van der Waals surface area contributed by atoms with Gasteiger partial charge in [0.25, 0.3) is 0 Å². The minimum absolute atomic E-state index is 0.229. The SMILES string of the molecule is CN=C(NCC1CN2CCCC2CO1)N1CCc2cc(OC)c(OC)cc2C1. The first-order chi connectivity index (χ1) is 13.7. The summed E-state index contributed by atoms with van der Waals surface area (Å²) in [6.45, 7) is 5.65. The first-order valence-electron chi connectivity index (χ1n) is 10.3. The molecule has 0 radical (unpaired) electrons. The van der Waals surface area contributed by atoms with Gasteiger partial charge in [0.15, 0.2) is 17.5 Å². The van der Waals surface area contributed by atoms with Crippen LogP contribution in [0.1, 0.15) is 24.0 Å². The predicted molar refractivity (Wildman–Crippen MR) is 109 cm³/mol. The molecule has 1 aromatic rings. The highest BCUT2D eigenvalue weighted by molar-refractivity contribution is 5.80. The van der Waals surface area contributed by atoms with Crippen molar-refractivity contribution in [2.45, 2.75) is 38.0 Å². The summed E-state index contributed by atoms with van der Waals surface area (Å²) in [6.07, 6.45) is 3.78. The zero-order valence-electron chi connectivity index (χ0n) is 17.2. The van der Waals surface area contributed by atoms with Crippen molar-refractivity contribution >= 4 is 5.96 Å². The molecule has 7 heteroatoms. The average molecular weight is 389 g/mol. The number of nitrogens with zero attached hydrogens (tertiary/aromatic N) is 3. The summed E-state index contributed by atoms with van der Waals surface area (Å²) in [6, 6.07) is 4.83. The van der Waals surface area contributed by atoms with Gasteiger partial charge in [0.1, 0.15) is 0 Å². The second-order valence-electron chi connectivity index (χ2n) is 7.82. The Morgan fingerprint density at radius 1 is 1.21 bits per heavy atom. The zero-order valence-corrected chi connectivity index (χ0v) is 17.2. The van der Waals surface area contributed by atoms with E-state index in [1.807, 2.05) is 7.05 Å². The molecule has 0 aromatic heterocycles. The molecule has 4 rings (SSSR count). The zero-order chi connectivity index (χ0) is 19.5. The van der Waals surface area contributed by atoms with Crippen molar-refractivity contribution in [3.8, 4) is 11.5 Å². The van der Waals surface area contributed by atoms with E-state index in [1.165, 1.54) is 30.5 Å². The van der Waals surface area contributed by atoms with Crippen LogP contribution in [0.5, 0.6) is 11.5 Å². The second-order valence-corrected chi connectivity index (χ2v) is 7.82. The maximum atomic E-state index is 6.08. The number of rotatable bonds is 4. The molecule has 2 atom stereocenters. The van der Waals surface area contributed by atoms with Crippen LogP contribution in [-0.4, -0.2) is 82.0 Å². The van der Waals surface area contributed by atoms with Crippen LogP contribution >= 0.6 is 0 Å². The van der Waals surface area contributed by atoms with Gasteiger partial charge in [0.2, 0.25) is 0 Å². The first-order valence-corrected chi connectivity index (χ1v) is 10.3. The van der Waals surface area contributed by atoms with E-state index in [1.54, 1.807) is 14.2 Å². The van der Waals surface area contributed by atoms with Crippen molar-refractivity contribution in [2.75, 3.05) is 54.1 Å². The number of hydrogen-bond donors (Lipinski definition) is 1. The Kier molecular flexibility index (Phi) is 5.92. The van der Waals surface area contributed by atoms with Gasteiger partial charge in [-0.25, -0.2) is 0 Å². The molecule has 0 aliphatic carbocycles. The van der Waals surface area contributed by atoms with Crippen molar-refractivity contribution < 1.29 is 14.2 Å². The molecule has 7 nitrogen and oxygen atoms in total. The third kappa shape index (κ3) is 3.91. The topological polar surface area (TPSA) is 58.6 Å². The Morgan fingerprint density at radius 3 is 2.75 bits per heavy atom. The Morgan fingerprint density at radius 2 is 2.00 bits per heavy atom. The predicted octanol–water partition coefficient (Wildman–Crippen LogP) is 1.50. The molecule has 3 aliphatic rings. The van der Waals surface area contributed by atoms with Gasteiger partial charge in [-0.15, -0.1) is 0 Å². The number of aliphatic imine (C=N–C) groups is 1. The van der Waals surface area contributed by atoms with Crippen molar-refractivity contribution in [3.05, 3.63) is 23.3 Å². The van der Waals surface area contributed by atoms with Crippen LogP contribution in [-0.2, 0) is 17.7 Å². The molecular weight excluding hydrogens is 356 g/mol.